The lowest BCUT2D eigenvalue weighted by molar-refractivity contribution is 0.0727. The van der Waals surface area contributed by atoms with Crippen LogP contribution in [0.5, 0.6) is 0 Å². The van der Waals surface area contributed by atoms with Gasteiger partial charge in [-0.25, -0.2) is 0 Å². The number of carbonyl (C=O) groups excluding carboxylic acids is 1. The predicted octanol–water partition coefficient (Wildman–Crippen LogP) is 6.88. The molecule has 1 fully saturated rings. The molecular weight excluding hydrogens is 514 g/mol. The Labute approximate surface area is 242 Å². The van der Waals surface area contributed by atoms with Crippen molar-refractivity contribution < 1.29 is 4.79 Å². The van der Waals surface area contributed by atoms with E-state index in [-0.39, 0.29) is 5.91 Å². The first-order valence-corrected chi connectivity index (χ1v) is 14.8. The number of rotatable bonds is 8. The molecule has 5 heteroatoms. The van der Waals surface area contributed by atoms with Crippen molar-refractivity contribution in [2.24, 2.45) is 0 Å². The van der Waals surface area contributed by atoms with Gasteiger partial charge in [0.15, 0.2) is 0 Å². The molecule has 204 valence electrons. The van der Waals surface area contributed by atoms with Gasteiger partial charge in [-0.05, 0) is 59.8 Å². The number of fused-ring (bicyclic) bond motifs is 1. The molecular formula is C35H36ClN3O. The molecule has 0 unspecified atom stereocenters. The molecule has 4 aromatic rings. The van der Waals surface area contributed by atoms with Crippen molar-refractivity contribution in [3.05, 3.63) is 136 Å². The van der Waals surface area contributed by atoms with E-state index in [4.69, 9.17) is 11.6 Å². The number of nitrogens with zero attached hydrogens (tertiary/aromatic N) is 3. The highest BCUT2D eigenvalue weighted by molar-refractivity contribution is 6.31. The monoisotopic (exact) mass is 549 g/mol. The van der Waals surface area contributed by atoms with E-state index in [1.807, 2.05) is 29.2 Å². The smallest absolute Gasteiger partial charge is 0.254 e. The van der Waals surface area contributed by atoms with Crippen LogP contribution in [-0.4, -0.2) is 55.0 Å². The lowest BCUT2D eigenvalue weighted by Gasteiger charge is -2.37. The van der Waals surface area contributed by atoms with E-state index in [9.17, 15) is 4.79 Å². The third kappa shape index (κ3) is 5.94. The minimum Gasteiger partial charge on any atom is -0.369 e. The highest BCUT2D eigenvalue weighted by Crippen LogP contribution is 2.30. The minimum absolute atomic E-state index is 0.106. The fraction of sp³-hybridized carbons (Fsp3) is 0.286. The van der Waals surface area contributed by atoms with Gasteiger partial charge in [0.05, 0.1) is 0 Å². The van der Waals surface area contributed by atoms with E-state index in [1.165, 1.54) is 11.1 Å². The molecule has 4 nitrogen and oxygen atoms in total. The van der Waals surface area contributed by atoms with Crippen LogP contribution in [0.15, 0.2) is 103 Å². The van der Waals surface area contributed by atoms with E-state index in [0.717, 1.165) is 74.5 Å². The molecule has 4 aromatic carbocycles. The Morgan fingerprint density at radius 3 is 2.05 bits per heavy atom. The Bertz CT molecular complexity index is 1390. The Hall–Kier alpha value is -3.60. The summed E-state index contributed by atoms with van der Waals surface area (Å²) in [6.45, 7) is 6.34. The van der Waals surface area contributed by atoms with Crippen molar-refractivity contribution >= 4 is 23.2 Å². The maximum atomic E-state index is 13.5. The quantitative estimate of drug-likeness (QED) is 0.240. The molecule has 40 heavy (non-hydrogen) atoms. The third-order valence-corrected chi connectivity index (χ3v) is 8.83. The van der Waals surface area contributed by atoms with Crippen molar-refractivity contribution in [2.45, 2.75) is 25.3 Å². The van der Waals surface area contributed by atoms with Gasteiger partial charge in [0, 0.05) is 61.5 Å². The number of halogens is 1. The van der Waals surface area contributed by atoms with Gasteiger partial charge in [0.2, 0.25) is 0 Å². The largest absolute Gasteiger partial charge is 0.369 e. The molecule has 2 aliphatic heterocycles. The first-order valence-electron chi connectivity index (χ1n) is 14.4. The van der Waals surface area contributed by atoms with Crippen molar-refractivity contribution in [1.82, 2.24) is 9.80 Å². The topological polar surface area (TPSA) is 26.8 Å². The normalized spacial score (nSPS) is 15.9. The van der Waals surface area contributed by atoms with Crippen LogP contribution in [0.4, 0.5) is 5.69 Å². The number of piperazine rings is 1. The second-order valence-corrected chi connectivity index (χ2v) is 11.3. The van der Waals surface area contributed by atoms with Crippen LogP contribution in [0, 0.1) is 0 Å². The number of amides is 1. The maximum absolute atomic E-state index is 13.5. The van der Waals surface area contributed by atoms with Gasteiger partial charge in [-0.3, -0.25) is 9.69 Å². The average molecular weight is 550 g/mol. The summed E-state index contributed by atoms with van der Waals surface area (Å²) in [6.07, 6.45) is 1.98. The SMILES string of the molecule is O=C1c2cc(N3CCN(CCC(c4ccccc4)c4ccccc4)CC3)ccc2CCN1Cc1ccccc1Cl. The van der Waals surface area contributed by atoms with Gasteiger partial charge in [0.25, 0.3) is 5.91 Å². The van der Waals surface area contributed by atoms with E-state index >= 15 is 0 Å². The molecule has 6 rings (SSSR count). The number of carbonyl (C=O) groups is 1. The predicted molar refractivity (Wildman–Crippen MR) is 164 cm³/mol. The average Bonchev–Trinajstić information content (AvgIpc) is 3.01. The Kier molecular flexibility index (Phi) is 8.17. The zero-order chi connectivity index (χ0) is 27.3. The Morgan fingerprint density at radius 1 is 0.725 bits per heavy atom. The molecule has 0 saturated carbocycles. The molecule has 1 saturated heterocycles. The summed E-state index contributed by atoms with van der Waals surface area (Å²) >= 11 is 6.38. The number of hydrogen-bond acceptors (Lipinski definition) is 3. The second-order valence-electron chi connectivity index (χ2n) is 10.9. The summed E-state index contributed by atoms with van der Waals surface area (Å²) in [5.41, 5.74) is 6.90. The first kappa shape index (κ1) is 26.6. The fourth-order valence-corrected chi connectivity index (χ4v) is 6.32. The summed E-state index contributed by atoms with van der Waals surface area (Å²) in [4.78, 5) is 20.4. The van der Waals surface area contributed by atoms with E-state index in [0.29, 0.717) is 17.5 Å². The van der Waals surface area contributed by atoms with E-state index in [1.54, 1.807) is 0 Å². The Balaban J connectivity index is 1.08. The molecule has 2 aliphatic rings. The van der Waals surface area contributed by atoms with Crippen LogP contribution >= 0.6 is 11.6 Å². The first-order chi connectivity index (χ1) is 19.7. The standard InChI is InChI=1S/C35H36ClN3O/c36-34-14-8-7-13-30(34)26-39-20-17-29-15-16-31(25-33(29)35(39)40)38-23-21-37(22-24-38)19-18-32(27-9-3-1-4-10-27)28-11-5-2-6-12-28/h1-16,25,32H,17-24,26H2. The molecule has 0 bridgehead atoms. The molecule has 0 N–H and O–H groups in total. The lowest BCUT2D eigenvalue weighted by Crippen LogP contribution is -2.47. The summed E-state index contributed by atoms with van der Waals surface area (Å²) in [5, 5.41) is 0.714. The van der Waals surface area contributed by atoms with Crippen LogP contribution in [0.1, 0.15) is 45.0 Å². The Morgan fingerprint density at radius 2 is 1.38 bits per heavy atom. The lowest BCUT2D eigenvalue weighted by atomic mass is 9.88. The number of benzene rings is 4. The van der Waals surface area contributed by atoms with Crippen LogP contribution in [0.25, 0.3) is 0 Å². The summed E-state index contributed by atoms with van der Waals surface area (Å²) in [7, 11) is 0. The van der Waals surface area contributed by atoms with Crippen molar-refractivity contribution in [3.8, 4) is 0 Å². The fourth-order valence-electron chi connectivity index (χ4n) is 6.13. The maximum Gasteiger partial charge on any atom is 0.254 e. The van der Waals surface area contributed by atoms with Crippen molar-refractivity contribution in [1.29, 1.82) is 0 Å². The minimum atomic E-state index is 0.106. The van der Waals surface area contributed by atoms with Crippen LogP contribution in [-0.2, 0) is 13.0 Å². The van der Waals surface area contributed by atoms with Gasteiger partial charge in [0.1, 0.15) is 0 Å². The number of anilines is 1. The van der Waals surface area contributed by atoms with Gasteiger partial charge in [-0.1, -0.05) is 96.5 Å². The second kappa shape index (κ2) is 12.3. The molecule has 0 aliphatic carbocycles. The summed E-state index contributed by atoms with van der Waals surface area (Å²) in [5.74, 6) is 0.510. The highest BCUT2D eigenvalue weighted by atomic mass is 35.5. The van der Waals surface area contributed by atoms with Gasteiger partial charge in [-0.2, -0.15) is 0 Å². The van der Waals surface area contributed by atoms with Crippen molar-refractivity contribution in [2.75, 3.05) is 44.2 Å². The molecule has 0 radical (unpaired) electrons. The zero-order valence-corrected chi connectivity index (χ0v) is 23.6. The van der Waals surface area contributed by atoms with Crippen LogP contribution < -0.4 is 4.90 Å². The van der Waals surface area contributed by atoms with Crippen LogP contribution in [0.3, 0.4) is 0 Å². The summed E-state index contributed by atoms with van der Waals surface area (Å²) in [6, 6.07) is 36.0. The van der Waals surface area contributed by atoms with E-state index < -0.39 is 0 Å². The van der Waals surface area contributed by atoms with Crippen molar-refractivity contribution in [3.63, 3.8) is 0 Å². The zero-order valence-electron chi connectivity index (χ0n) is 22.9. The van der Waals surface area contributed by atoms with Gasteiger partial charge in [-0.15, -0.1) is 0 Å². The molecule has 0 spiro atoms. The molecule has 0 atom stereocenters. The van der Waals surface area contributed by atoms with Crippen LogP contribution in [0.2, 0.25) is 5.02 Å². The molecule has 1 amide bonds. The van der Waals surface area contributed by atoms with E-state index in [2.05, 4.69) is 88.7 Å². The molecule has 2 heterocycles. The summed E-state index contributed by atoms with van der Waals surface area (Å²) < 4.78 is 0. The third-order valence-electron chi connectivity index (χ3n) is 8.46. The molecule has 0 aromatic heterocycles. The van der Waals surface area contributed by atoms with Gasteiger partial charge < -0.3 is 9.80 Å². The highest BCUT2D eigenvalue weighted by Gasteiger charge is 2.27. The van der Waals surface area contributed by atoms with Gasteiger partial charge >= 0.3 is 0 Å². The number of hydrogen-bond donors (Lipinski definition) is 0.